The fraction of sp³-hybridized carbons (Fsp3) is 0.458. The van der Waals surface area contributed by atoms with Gasteiger partial charge in [0.15, 0.2) is 0 Å². The second kappa shape index (κ2) is 10.1. The third-order valence-electron chi connectivity index (χ3n) is 5.81. The summed E-state index contributed by atoms with van der Waals surface area (Å²) in [4.78, 5) is 10.1. The number of carbonyl (C=O) groups is 1. The van der Waals surface area contributed by atoms with E-state index in [0.29, 0.717) is 5.75 Å². The highest BCUT2D eigenvalue weighted by Gasteiger charge is 2.16. The molecule has 0 saturated carbocycles. The summed E-state index contributed by atoms with van der Waals surface area (Å²) in [5.74, 6) is -0.534. The van der Waals surface area contributed by atoms with Crippen molar-refractivity contribution in [2.24, 2.45) is 0 Å². The summed E-state index contributed by atoms with van der Waals surface area (Å²) in [7, 11) is 1.59. The summed E-state index contributed by atoms with van der Waals surface area (Å²) in [6.45, 7) is 17.9. The molecule has 4 heteroatoms. The first kappa shape index (κ1) is 24.3. The SMILES string of the molecule is CN[C@H](CS)C(=O)O.Cc1cc(C)c(C)c(-c2c(C)c(C)cc(C)c2C)c1C. The third-order valence-corrected chi connectivity index (χ3v) is 6.18. The predicted molar refractivity (Wildman–Crippen MR) is 124 cm³/mol. The van der Waals surface area contributed by atoms with Gasteiger partial charge < -0.3 is 10.4 Å². The van der Waals surface area contributed by atoms with Crippen LogP contribution in [0.25, 0.3) is 11.1 Å². The minimum Gasteiger partial charge on any atom is -0.480 e. The topological polar surface area (TPSA) is 49.3 Å². The number of hydrogen-bond donors (Lipinski definition) is 3. The van der Waals surface area contributed by atoms with Crippen LogP contribution in [0.4, 0.5) is 0 Å². The Morgan fingerprint density at radius 2 is 1.11 bits per heavy atom. The van der Waals surface area contributed by atoms with Gasteiger partial charge in [0.25, 0.3) is 0 Å². The second-order valence-electron chi connectivity index (χ2n) is 7.63. The van der Waals surface area contributed by atoms with Gasteiger partial charge in [0.1, 0.15) is 6.04 Å². The third kappa shape index (κ3) is 5.18. The van der Waals surface area contributed by atoms with Crippen LogP contribution in [-0.4, -0.2) is 29.9 Å². The molecule has 0 fully saturated rings. The van der Waals surface area contributed by atoms with Gasteiger partial charge in [-0.25, -0.2) is 0 Å². The van der Waals surface area contributed by atoms with E-state index < -0.39 is 12.0 Å². The maximum absolute atomic E-state index is 10.1. The Balaban J connectivity index is 0.000000416. The number of thiol groups is 1. The normalized spacial score (nSPS) is 11.6. The van der Waals surface area contributed by atoms with Crippen molar-refractivity contribution >= 4 is 18.6 Å². The van der Waals surface area contributed by atoms with Gasteiger partial charge in [0.2, 0.25) is 0 Å². The molecule has 2 aromatic rings. The van der Waals surface area contributed by atoms with Crippen molar-refractivity contribution in [3.8, 4) is 11.1 Å². The Kier molecular flexibility index (Phi) is 8.77. The van der Waals surface area contributed by atoms with Crippen LogP contribution in [-0.2, 0) is 4.79 Å². The molecule has 0 spiro atoms. The van der Waals surface area contributed by atoms with Crippen molar-refractivity contribution in [1.82, 2.24) is 5.32 Å². The summed E-state index contributed by atoms with van der Waals surface area (Å²) in [6.07, 6.45) is 0. The Labute approximate surface area is 176 Å². The molecule has 0 heterocycles. The average Bonchev–Trinajstić information content (AvgIpc) is 2.62. The Bertz CT molecular complexity index is 754. The largest absolute Gasteiger partial charge is 0.480 e. The van der Waals surface area contributed by atoms with Crippen molar-refractivity contribution in [2.45, 2.75) is 61.4 Å². The van der Waals surface area contributed by atoms with Crippen LogP contribution in [0.15, 0.2) is 12.1 Å². The van der Waals surface area contributed by atoms with E-state index in [4.69, 9.17) is 5.11 Å². The van der Waals surface area contributed by atoms with Crippen molar-refractivity contribution in [3.63, 3.8) is 0 Å². The Hall–Kier alpha value is -1.78. The lowest BCUT2D eigenvalue weighted by molar-refractivity contribution is -0.138. The smallest absolute Gasteiger partial charge is 0.321 e. The molecule has 0 amide bonds. The lowest BCUT2D eigenvalue weighted by Crippen LogP contribution is -2.35. The van der Waals surface area contributed by atoms with Crippen LogP contribution in [0.1, 0.15) is 44.5 Å². The Morgan fingerprint density at radius 1 is 0.821 bits per heavy atom. The number of hydrogen-bond acceptors (Lipinski definition) is 3. The van der Waals surface area contributed by atoms with Gasteiger partial charge in [-0.3, -0.25) is 4.79 Å². The van der Waals surface area contributed by atoms with E-state index >= 15 is 0 Å². The number of carboxylic acids is 1. The minimum atomic E-state index is -0.859. The lowest BCUT2D eigenvalue weighted by Gasteiger charge is -2.21. The Morgan fingerprint density at radius 3 is 1.25 bits per heavy atom. The van der Waals surface area contributed by atoms with E-state index in [1.807, 2.05) is 0 Å². The van der Waals surface area contributed by atoms with E-state index in [2.05, 4.69) is 85.5 Å². The molecule has 0 unspecified atom stereocenters. The molecule has 28 heavy (non-hydrogen) atoms. The second-order valence-corrected chi connectivity index (χ2v) is 8.00. The van der Waals surface area contributed by atoms with Gasteiger partial charge in [-0.1, -0.05) is 12.1 Å². The number of carboxylic acid groups (broad SMARTS) is 1. The molecule has 0 saturated heterocycles. The first-order valence-corrected chi connectivity index (χ1v) is 10.3. The zero-order chi connectivity index (χ0) is 21.8. The number of aryl methyl sites for hydroxylation is 4. The number of likely N-dealkylation sites (N-methyl/N-ethyl adjacent to an activating group) is 1. The molecular formula is C24H35NO2S. The standard InChI is InChI=1S/C20H26.C4H9NO2S/c1-11-9-12(2)16(6)19(15(11)5)20-17(7)13(3)10-14(4)18(20)8;1-5-3(2-8)4(6)7/h9-10H,1-8H3;3,5,8H,2H2,1H3,(H,6,7)/t;3-/m.1/s1. The van der Waals surface area contributed by atoms with E-state index in [-0.39, 0.29) is 0 Å². The number of rotatable bonds is 4. The molecule has 2 N–H and O–H groups in total. The van der Waals surface area contributed by atoms with Crippen molar-refractivity contribution in [1.29, 1.82) is 0 Å². The molecule has 2 aromatic carbocycles. The first-order valence-electron chi connectivity index (χ1n) is 9.63. The molecule has 0 aliphatic rings. The first-order chi connectivity index (χ1) is 13.0. The highest BCUT2D eigenvalue weighted by Crippen LogP contribution is 2.37. The monoisotopic (exact) mass is 401 g/mol. The van der Waals surface area contributed by atoms with Crippen LogP contribution in [0.5, 0.6) is 0 Å². The zero-order valence-corrected chi connectivity index (χ0v) is 19.6. The molecule has 0 aliphatic heterocycles. The average molecular weight is 402 g/mol. The van der Waals surface area contributed by atoms with Crippen molar-refractivity contribution in [2.75, 3.05) is 12.8 Å². The van der Waals surface area contributed by atoms with E-state index in [9.17, 15) is 4.79 Å². The van der Waals surface area contributed by atoms with Gasteiger partial charge in [-0.05, 0) is 118 Å². The molecule has 1 atom stereocenters. The predicted octanol–water partition coefficient (Wildman–Crippen LogP) is 5.41. The van der Waals surface area contributed by atoms with Crippen LogP contribution in [0.2, 0.25) is 0 Å². The number of aliphatic carboxylic acids is 1. The van der Waals surface area contributed by atoms with Gasteiger partial charge in [-0.15, -0.1) is 0 Å². The highest BCUT2D eigenvalue weighted by molar-refractivity contribution is 7.80. The molecule has 0 aromatic heterocycles. The molecule has 0 bridgehead atoms. The summed E-state index contributed by atoms with van der Waals surface area (Å²) >= 11 is 3.79. The van der Waals surface area contributed by atoms with E-state index in [1.165, 1.54) is 55.6 Å². The molecule has 0 aliphatic carbocycles. The fourth-order valence-electron chi connectivity index (χ4n) is 3.48. The molecule has 2 rings (SSSR count). The van der Waals surface area contributed by atoms with Crippen molar-refractivity contribution < 1.29 is 9.90 Å². The van der Waals surface area contributed by atoms with Gasteiger partial charge in [0.05, 0.1) is 0 Å². The van der Waals surface area contributed by atoms with Crippen molar-refractivity contribution in [3.05, 3.63) is 56.6 Å². The number of nitrogens with one attached hydrogen (secondary N) is 1. The van der Waals surface area contributed by atoms with Crippen LogP contribution < -0.4 is 5.32 Å². The molecular weight excluding hydrogens is 366 g/mol. The summed E-state index contributed by atoms with van der Waals surface area (Å²) < 4.78 is 0. The van der Waals surface area contributed by atoms with Crippen LogP contribution in [0.3, 0.4) is 0 Å². The van der Waals surface area contributed by atoms with Gasteiger partial charge in [0, 0.05) is 5.75 Å². The van der Waals surface area contributed by atoms with Gasteiger partial charge >= 0.3 is 5.97 Å². The van der Waals surface area contributed by atoms with Gasteiger partial charge in [-0.2, -0.15) is 12.6 Å². The molecule has 3 nitrogen and oxygen atoms in total. The summed E-state index contributed by atoms with van der Waals surface area (Å²) in [6, 6.07) is 4.10. The summed E-state index contributed by atoms with van der Waals surface area (Å²) in [5.41, 5.74) is 14.1. The maximum Gasteiger partial charge on any atom is 0.321 e. The fourth-order valence-corrected chi connectivity index (χ4v) is 3.82. The molecule has 154 valence electrons. The maximum atomic E-state index is 10.1. The minimum absolute atomic E-state index is 0.325. The van der Waals surface area contributed by atoms with E-state index in [1.54, 1.807) is 7.05 Å². The zero-order valence-electron chi connectivity index (χ0n) is 18.7. The van der Waals surface area contributed by atoms with E-state index in [0.717, 1.165) is 0 Å². The lowest BCUT2D eigenvalue weighted by atomic mass is 9.83. The highest BCUT2D eigenvalue weighted by atomic mass is 32.1. The van der Waals surface area contributed by atoms with Crippen LogP contribution >= 0.6 is 12.6 Å². The molecule has 0 radical (unpaired) electrons. The summed E-state index contributed by atoms with van der Waals surface area (Å²) in [5, 5.41) is 10.8. The quantitative estimate of drug-likeness (QED) is 0.600. The van der Waals surface area contributed by atoms with Crippen LogP contribution in [0, 0.1) is 55.4 Å². The number of benzene rings is 2.